The number of nitrogens with one attached hydrogen (secondary N) is 1. The summed E-state index contributed by atoms with van der Waals surface area (Å²) in [6.07, 6.45) is 1.12. The van der Waals surface area contributed by atoms with Gasteiger partial charge in [0, 0.05) is 37.1 Å². The summed E-state index contributed by atoms with van der Waals surface area (Å²) in [5, 5.41) is 3.16. The fourth-order valence-electron chi connectivity index (χ4n) is 3.16. The lowest BCUT2D eigenvalue weighted by molar-refractivity contribution is 0.415. The molecule has 2 aromatic rings. The molecule has 0 amide bonds. The molecule has 1 aliphatic rings. The summed E-state index contributed by atoms with van der Waals surface area (Å²) in [7, 11) is 1.70. The molecule has 1 atom stereocenters. The van der Waals surface area contributed by atoms with Crippen LogP contribution in [-0.4, -0.2) is 32.7 Å². The first-order valence-corrected chi connectivity index (χ1v) is 8.66. The van der Waals surface area contributed by atoms with Crippen molar-refractivity contribution in [2.24, 2.45) is 16.6 Å². The summed E-state index contributed by atoms with van der Waals surface area (Å²) < 4.78 is 5.31. The highest BCUT2D eigenvalue weighted by atomic mass is 16.5. The van der Waals surface area contributed by atoms with Crippen LogP contribution in [0.1, 0.15) is 12.0 Å². The maximum atomic E-state index is 6.03. The highest BCUT2D eigenvalue weighted by molar-refractivity contribution is 5.92. The third-order valence-corrected chi connectivity index (χ3v) is 4.51. The fourth-order valence-corrected chi connectivity index (χ4v) is 3.16. The molecule has 0 aliphatic carbocycles. The fraction of sp³-hybridized carbons (Fsp3) is 0.350. The molecule has 5 heteroatoms. The van der Waals surface area contributed by atoms with Crippen molar-refractivity contribution >= 4 is 17.3 Å². The summed E-state index contributed by atoms with van der Waals surface area (Å²) in [6, 6.07) is 16.3. The lowest BCUT2D eigenvalue weighted by atomic mass is 10.1. The van der Waals surface area contributed by atoms with Crippen LogP contribution in [0.5, 0.6) is 5.75 Å². The summed E-state index contributed by atoms with van der Waals surface area (Å²) >= 11 is 0. The lowest BCUT2D eigenvalue weighted by Crippen LogP contribution is -2.25. The topological polar surface area (TPSA) is 62.9 Å². The van der Waals surface area contributed by atoms with E-state index < -0.39 is 0 Å². The van der Waals surface area contributed by atoms with Crippen molar-refractivity contribution in [3.8, 4) is 5.75 Å². The van der Waals surface area contributed by atoms with Gasteiger partial charge in [0.15, 0.2) is 5.96 Å². The molecule has 1 aliphatic heterocycles. The zero-order chi connectivity index (χ0) is 17.6. The second kappa shape index (κ2) is 7.92. The van der Waals surface area contributed by atoms with Crippen molar-refractivity contribution in [1.29, 1.82) is 0 Å². The Morgan fingerprint density at radius 1 is 1.28 bits per heavy atom. The molecule has 132 valence electrons. The molecule has 1 heterocycles. The van der Waals surface area contributed by atoms with Crippen LogP contribution in [0.15, 0.2) is 53.5 Å². The smallest absolute Gasteiger partial charge is 0.193 e. The van der Waals surface area contributed by atoms with Crippen LogP contribution in [0.2, 0.25) is 0 Å². The van der Waals surface area contributed by atoms with Crippen LogP contribution in [0.4, 0.5) is 11.4 Å². The third-order valence-electron chi connectivity index (χ3n) is 4.51. The zero-order valence-corrected chi connectivity index (χ0v) is 14.9. The van der Waals surface area contributed by atoms with Gasteiger partial charge in [0.2, 0.25) is 0 Å². The van der Waals surface area contributed by atoms with Gasteiger partial charge >= 0.3 is 0 Å². The summed E-state index contributed by atoms with van der Waals surface area (Å²) in [6.45, 7) is 4.84. The molecule has 0 bridgehead atoms. The number of benzene rings is 2. The average Bonchev–Trinajstić information content (AvgIpc) is 3.09. The summed E-state index contributed by atoms with van der Waals surface area (Å²) in [5.41, 5.74) is 9.41. The molecule has 5 nitrogen and oxygen atoms in total. The van der Waals surface area contributed by atoms with Crippen LogP contribution in [0.25, 0.3) is 0 Å². The van der Waals surface area contributed by atoms with E-state index in [2.05, 4.69) is 46.4 Å². The predicted molar refractivity (Wildman–Crippen MR) is 105 cm³/mol. The Morgan fingerprint density at radius 2 is 2.12 bits per heavy atom. The summed E-state index contributed by atoms with van der Waals surface area (Å²) in [5.74, 6) is 1.89. The lowest BCUT2D eigenvalue weighted by Gasteiger charge is -2.19. The Hall–Kier alpha value is -2.69. The first-order valence-electron chi connectivity index (χ1n) is 8.66. The van der Waals surface area contributed by atoms with Crippen LogP contribution in [0.3, 0.4) is 0 Å². The van der Waals surface area contributed by atoms with Gasteiger partial charge < -0.3 is 20.7 Å². The second-order valence-corrected chi connectivity index (χ2v) is 6.52. The minimum absolute atomic E-state index is 0.477. The van der Waals surface area contributed by atoms with Crippen LogP contribution >= 0.6 is 0 Å². The first-order chi connectivity index (χ1) is 12.1. The third kappa shape index (κ3) is 4.66. The van der Waals surface area contributed by atoms with Gasteiger partial charge in [0.25, 0.3) is 0 Å². The van der Waals surface area contributed by atoms with Crippen molar-refractivity contribution in [2.75, 3.05) is 37.0 Å². The number of hydrogen-bond acceptors (Lipinski definition) is 3. The number of anilines is 2. The molecule has 3 N–H and O–H groups in total. The number of hydrogen-bond donors (Lipinski definition) is 2. The molecule has 25 heavy (non-hydrogen) atoms. The van der Waals surface area contributed by atoms with Crippen molar-refractivity contribution in [3.05, 3.63) is 54.1 Å². The Bertz CT molecular complexity index is 744. The van der Waals surface area contributed by atoms with Crippen LogP contribution in [0, 0.1) is 12.8 Å². The van der Waals surface area contributed by atoms with Gasteiger partial charge in [-0.05, 0) is 49.1 Å². The second-order valence-electron chi connectivity index (χ2n) is 6.52. The number of aryl methyl sites for hydroxylation is 1. The van der Waals surface area contributed by atoms with Crippen molar-refractivity contribution in [2.45, 2.75) is 13.3 Å². The largest absolute Gasteiger partial charge is 0.497 e. The number of nitrogens with two attached hydrogens (primary N) is 1. The zero-order valence-electron chi connectivity index (χ0n) is 14.9. The first kappa shape index (κ1) is 17.1. The van der Waals surface area contributed by atoms with E-state index in [9.17, 15) is 0 Å². The monoisotopic (exact) mass is 338 g/mol. The summed E-state index contributed by atoms with van der Waals surface area (Å²) in [4.78, 5) is 6.91. The molecule has 2 aromatic carbocycles. The normalized spacial score (nSPS) is 17.6. The van der Waals surface area contributed by atoms with E-state index in [-0.39, 0.29) is 0 Å². The average molecular weight is 338 g/mol. The molecule has 1 saturated heterocycles. The molecule has 1 fully saturated rings. The van der Waals surface area contributed by atoms with E-state index in [1.165, 1.54) is 11.3 Å². The Morgan fingerprint density at radius 3 is 2.92 bits per heavy atom. The molecule has 3 rings (SSSR count). The maximum Gasteiger partial charge on any atom is 0.193 e. The quantitative estimate of drug-likeness (QED) is 0.649. The number of rotatable bonds is 5. The van der Waals surface area contributed by atoms with Gasteiger partial charge in [0.05, 0.1) is 7.11 Å². The Labute approximate surface area is 149 Å². The molecule has 0 aromatic heterocycles. The maximum absolute atomic E-state index is 6.03. The van der Waals surface area contributed by atoms with Gasteiger partial charge in [0.1, 0.15) is 5.75 Å². The predicted octanol–water partition coefficient (Wildman–Crippen LogP) is 3.26. The Balaban J connectivity index is 1.54. The number of methoxy groups -OCH3 is 1. The molecule has 0 spiro atoms. The van der Waals surface area contributed by atoms with E-state index in [4.69, 9.17) is 10.5 Å². The van der Waals surface area contributed by atoms with E-state index in [0.29, 0.717) is 11.9 Å². The van der Waals surface area contributed by atoms with E-state index in [0.717, 1.165) is 37.5 Å². The molecule has 1 unspecified atom stereocenters. The number of aliphatic imine (C=N–C) groups is 1. The standard InChI is InChI=1S/C20H26N4O/c1-15-5-3-6-17(11-15)23-20(21)22-13-16-9-10-24(14-16)18-7-4-8-19(12-18)25-2/h3-8,11-12,16H,9-10,13-14H2,1-2H3,(H3,21,22,23). The van der Waals surface area contributed by atoms with Crippen molar-refractivity contribution in [3.63, 3.8) is 0 Å². The van der Waals surface area contributed by atoms with Crippen LogP contribution < -0.4 is 20.7 Å². The van der Waals surface area contributed by atoms with Gasteiger partial charge in [-0.15, -0.1) is 0 Å². The number of ether oxygens (including phenoxy) is 1. The molecular weight excluding hydrogens is 312 g/mol. The molecule has 0 radical (unpaired) electrons. The highest BCUT2D eigenvalue weighted by Crippen LogP contribution is 2.27. The molecule has 0 saturated carbocycles. The highest BCUT2D eigenvalue weighted by Gasteiger charge is 2.22. The van der Waals surface area contributed by atoms with Gasteiger partial charge in [-0.1, -0.05) is 18.2 Å². The molecular formula is C20H26N4O. The van der Waals surface area contributed by atoms with Gasteiger partial charge in [-0.2, -0.15) is 0 Å². The van der Waals surface area contributed by atoms with E-state index >= 15 is 0 Å². The van der Waals surface area contributed by atoms with Crippen LogP contribution in [-0.2, 0) is 0 Å². The van der Waals surface area contributed by atoms with E-state index in [1.807, 2.05) is 24.3 Å². The van der Waals surface area contributed by atoms with Crippen molar-refractivity contribution < 1.29 is 4.74 Å². The van der Waals surface area contributed by atoms with E-state index in [1.54, 1.807) is 7.11 Å². The minimum atomic E-state index is 0.477. The van der Waals surface area contributed by atoms with Gasteiger partial charge in [-0.25, -0.2) is 0 Å². The number of guanidine groups is 1. The SMILES string of the molecule is COc1cccc(N2CCC(CN=C(N)Nc3cccc(C)c3)C2)c1. The van der Waals surface area contributed by atoms with Gasteiger partial charge in [-0.3, -0.25) is 4.99 Å². The number of nitrogens with zero attached hydrogens (tertiary/aromatic N) is 2. The van der Waals surface area contributed by atoms with Crippen molar-refractivity contribution in [1.82, 2.24) is 0 Å². The minimum Gasteiger partial charge on any atom is -0.497 e. The Kier molecular flexibility index (Phi) is 5.43.